The number of alkyl halides is 3. The zero-order valence-corrected chi connectivity index (χ0v) is 20.9. The minimum atomic E-state index is -5.24. The fraction of sp³-hybridized carbons (Fsp3) is 0.0909. The Bertz CT molecular complexity index is 1700. The van der Waals surface area contributed by atoms with Crippen LogP contribution in [0.15, 0.2) is 97.6 Å². The first-order valence-corrected chi connectivity index (χ1v) is 12.4. The highest BCUT2D eigenvalue weighted by atomic mass is 19.4. The zero-order valence-electron chi connectivity index (χ0n) is 20.9. The second kappa shape index (κ2) is 10.6. The number of benzene rings is 5. The minimum Gasteiger partial charge on any atom is -0.206 e. The normalized spacial score (nSPS) is 11.7. The van der Waals surface area contributed by atoms with Crippen molar-refractivity contribution in [3.8, 4) is 33.4 Å². The third-order valence-electron chi connectivity index (χ3n) is 6.75. The van der Waals surface area contributed by atoms with Gasteiger partial charge >= 0.3 is 6.18 Å². The van der Waals surface area contributed by atoms with Gasteiger partial charge in [-0.05, 0) is 87.3 Å². The van der Waals surface area contributed by atoms with E-state index in [-0.39, 0.29) is 22.3 Å². The number of hydrogen-bond donors (Lipinski definition) is 0. The van der Waals surface area contributed by atoms with Crippen LogP contribution in [-0.4, -0.2) is 0 Å². The maximum atomic E-state index is 15.5. The van der Waals surface area contributed by atoms with Gasteiger partial charge in [0.25, 0.3) is 0 Å². The Hall–Kier alpha value is -4.39. The summed E-state index contributed by atoms with van der Waals surface area (Å²) in [6.07, 6.45) is -1.69. The molecule has 5 rings (SSSR count). The molecule has 0 aromatic heterocycles. The highest BCUT2D eigenvalue weighted by Gasteiger charge is 2.38. The number of hydrogen-bond acceptors (Lipinski definition) is 0. The van der Waals surface area contributed by atoms with Crippen molar-refractivity contribution in [2.45, 2.75) is 19.0 Å². The molecule has 0 radical (unpaired) electrons. The largest absolute Gasteiger partial charge is 0.422 e. The summed E-state index contributed by atoms with van der Waals surface area (Å²) in [6.45, 7) is 3.73. The van der Waals surface area contributed by atoms with Crippen molar-refractivity contribution in [2.75, 3.05) is 0 Å². The number of fused-ring (bicyclic) bond motifs is 1. The molecule has 0 bridgehead atoms. The van der Waals surface area contributed by atoms with Crippen LogP contribution < -0.4 is 0 Å². The molecule has 0 unspecified atom stereocenters. The smallest absolute Gasteiger partial charge is 0.206 e. The van der Waals surface area contributed by atoms with Crippen LogP contribution in [0, 0.1) is 23.3 Å². The van der Waals surface area contributed by atoms with Gasteiger partial charge in [0.15, 0.2) is 0 Å². The Morgan fingerprint density at radius 3 is 1.80 bits per heavy atom. The molecule has 0 spiro atoms. The van der Waals surface area contributed by atoms with Crippen molar-refractivity contribution in [3.05, 3.63) is 132 Å². The van der Waals surface area contributed by atoms with Crippen molar-refractivity contribution in [1.29, 1.82) is 0 Å². The van der Waals surface area contributed by atoms with Crippen LogP contribution in [0.1, 0.15) is 17.5 Å². The first-order valence-electron chi connectivity index (χ1n) is 12.4. The van der Waals surface area contributed by atoms with E-state index in [4.69, 9.17) is 0 Å². The summed E-state index contributed by atoms with van der Waals surface area (Å²) in [7, 11) is 0. The highest BCUT2D eigenvalue weighted by Crippen LogP contribution is 2.40. The van der Waals surface area contributed by atoms with E-state index in [9.17, 15) is 22.0 Å². The Morgan fingerprint density at radius 1 is 0.600 bits per heavy atom. The van der Waals surface area contributed by atoms with Crippen LogP contribution in [-0.2, 0) is 12.6 Å². The van der Waals surface area contributed by atoms with E-state index >= 15 is 8.78 Å². The van der Waals surface area contributed by atoms with Gasteiger partial charge in [0.05, 0.1) is 5.56 Å². The molecule has 0 heterocycles. The van der Waals surface area contributed by atoms with Crippen molar-refractivity contribution < 1.29 is 30.7 Å². The second-order valence-electron chi connectivity index (χ2n) is 9.40. The van der Waals surface area contributed by atoms with Gasteiger partial charge in [0.1, 0.15) is 28.8 Å². The molecule has 40 heavy (non-hydrogen) atoms. The average Bonchev–Trinajstić information content (AvgIpc) is 2.90. The van der Waals surface area contributed by atoms with Gasteiger partial charge in [-0.1, -0.05) is 60.7 Å². The summed E-state index contributed by atoms with van der Waals surface area (Å²) in [4.78, 5) is 0. The summed E-state index contributed by atoms with van der Waals surface area (Å²) in [5.41, 5.74) is -0.870. The summed E-state index contributed by atoms with van der Waals surface area (Å²) in [5.74, 6) is -5.51. The molecule has 7 heteroatoms. The number of halogens is 7. The van der Waals surface area contributed by atoms with Crippen molar-refractivity contribution >= 4 is 10.8 Å². The number of rotatable bonds is 6. The molecule has 0 aliphatic carbocycles. The monoisotopic (exact) mass is 550 g/mol. The first-order chi connectivity index (χ1) is 19.1. The van der Waals surface area contributed by atoms with Gasteiger partial charge in [0.2, 0.25) is 0 Å². The van der Waals surface area contributed by atoms with Gasteiger partial charge < -0.3 is 0 Å². The van der Waals surface area contributed by atoms with Crippen LogP contribution in [0.4, 0.5) is 30.7 Å². The highest BCUT2D eigenvalue weighted by molar-refractivity contribution is 5.89. The first kappa shape index (κ1) is 27.2. The predicted molar refractivity (Wildman–Crippen MR) is 144 cm³/mol. The Balaban J connectivity index is 1.56. The average molecular weight is 551 g/mol. The lowest BCUT2D eigenvalue weighted by molar-refractivity contribution is -0.142. The van der Waals surface area contributed by atoms with Gasteiger partial charge in [-0.3, -0.25) is 0 Å². The maximum Gasteiger partial charge on any atom is 0.422 e. The fourth-order valence-electron chi connectivity index (χ4n) is 4.85. The summed E-state index contributed by atoms with van der Waals surface area (Å²) >= 11 is 0. The topological polar surface area (TPSA) is 0 Å². The third-order valence-corrected chi connectivity index (χ3v) is 6.75. The van der Waals surface area contributed by atoms with E-state index in [1.54, 1.807) is 6.07 Å². The quantitative estimate of drug-likeness (QED) is 0.146. The van der Waals surface area contributed by atoms with E-state index in [0.29, 0.717) is 17.7 Å². The molecule has 0 atom stereocenters. The lowest BCUT2D eigenvalue weighted by Crippen LogP contribution is -2.11. The predicted octanol–water partition coefficient (Wildman–Crippen LogP) is 10.5. The van der Waals surface area contributed by atoms with E-state index in [0.717, 1.165) is 41.3 Å². The van der Waals surface area contributed by atoms with Gasteiger partial charge in [0, 0.05) is 0 Å². The van der Waals surface area contributed by atoms with Crippen LogP contribution in [0.3, 0.4) is 0 Å². The van der Waals surface area contributed by atoms with Crippen molar-refractivity contribution in [2.24, 2.45) is 0 Å². The third kappa shape index (κ3) is 5.24. The van der Waals surface area contributed by atoms with Crippen molar-refractivity contribution in [1.82, 2.24) is 0 Å². The Labute approximate surface area is 226 Å². The summed E-state index contributed by atoms with van der Waals surface area (Å²) in [6, 6.07) is 20.3. The Morgan fingerprint density at radius 2 is 1.18 bits per heavy atom. The fourth-order valence-corrected chi connectivity index (χ4v) is 4.85. The SMILES string of the molecule is C=CCCc1ccc2cc(-c3cc(F)c(-c4ccccc4-c4cc(F)c(C(F)(F)F)c(F)c4)c(F)c3)ccc2c1. The van der Waals surface area contributed by atoms with Crippen molar-refractivity contribution in [3.63, 3.8) is 0 Å². The molecular weight excluding hydrogens is 529 g/mol. The molecule has 5 aromatic carbocycles. The molecule has 202 valence electrons. The molecule has 0 saturated heterocycles. The molecule has 0 fully saturated rings. The van der Waals surface area contributed by atoms with Crippen LogP contribution >= 0.6 is 0 Å². The summed E-state index contributed by atoms with van der Waals surface area (Å²) in [5, 5.41) is 1.87. The molecule has 0 saturated carbocycles. The van der Waals surface area contributed by atoms with E-state index in [1.165, 1.54) is 24.3 Å². The van der Waals surface area contributed by atoms with E-state index in [2.05, 4.69) is 12.6 Å². The van der Waals surface area contributed by atoms with Crippen LogP contribution in [0.2, 0.25) is 0 Å². The summed E-state index contributed by atoms with van der Waals surface area (Å²) < 4.78 is 98.7. The maximum absolute atomic E-state index is 15.5. The van der Waals surface area contributed by atoms with Gasteiger partial charge in [-0.25, -0.2) is 17.6 Å². The molecule has 5 aromatic rings. The van der Waals surface area contributed by atoms with Crippen LogP contribution in [0.5, 0.6) is 0 Å². The number of aryl methyl sites for hydroxylation is 1. The van der Waals surface area contributed by atoms with E-state index < -0.39 is 40.6 Å². The van der Waals surface area contributed by atoms with Gasteiger partial charge in [-0.15, -0.1) is 6.58 Å². The molecule has 0 N–H and O–H groups in total. The zero-order chi connectivity index (χ0) is 28.6. The molecule has 0 amide bonds. The molecule has 0 nitrogen and oxygen atoms in total. The second-order valence-corrected chi connectivity index (χ2v) is 9.40. The minimum absolute atomic E-state index is 0.0301. The van der Waals surface area contributed by atoms with E-state index in [1.807, 2.05) is 30.3 Å². The molecule has 0 aliphatic rings. The van der Waals surface area contributed by atoms with Crippen LogP contribution in [0.25, 0.3) is 44.2 Å². The lowest BCUT2D eigenvalue weighted by Gasteiger charge is -2.15. The van der Waals surface area contributed by atoms with Gasteiger partial charge in [-0.2, -0.15) is 13.2 Å². The lowest BCUT2D eigenvalue weighted by atomic mass is 9.91. The number of allylic oxidation sites excluding steroid dienone is 1. The standard InChI is InChI=1S/C33H21F7/c1-2-3-6-19-9-10-21-14-22(12-11-20(21)13-19)23-15-27(34)31(28(35)16-23)26-8-5-4-7-25(26)24-17-29(36)32(30(37)18-24)33(38,39)40/h2,4-5,7-18H,1,3,6H2. The molecule has 0 aliphatic heterocycles. The molecular formula is C33H21F7. The Kier molecular flexibility index (Phi) is 7.23.